The van der Waals surface area contributed by atoms with E-state index in [1.807, 2.05) is 0 Å². The van der Waals surface area contributed by atoms with E-state index in [9.17, 15) is 14.4 Å². The first kappa shape index (κ1) is 20.9. The van der Waals surface area contributed by atoms with Crippen molar-refractivity contribution < 1.29 is 28.6 Å². The van der Waals surface area contributed by atoms with Crippen LogP contribution in [-0.2, 0) is 14.2 Å². The summed E-state index contributed by atoms with van der Waals surface area (Å²) in [6, 6.07) is 7.00. The van der Waals surface area contributed by atoms with Crippen LogP contribution in [-0.4, -0.2) is 30.1 Å². The van der Waals surface area contributed by atoms with Gasteiger partial charge in [-0.15, -0.1) is 11.3 Å². The fourth-order valence-corrected chi connectivity index (χ4v) is 4.04. The van der Waals surface area contributed by atoms with Crippen LogP contribution in [0.25, 0.3) is 0 Å². The number of nitrogens with one attached hydrogen (secondary N) is 1. The molecule has 0 unspecified atom stereocenters. The van der Waals surface area contributed by atoms with Crippen LogP contribution in [0.15, 0.2) is 24.3 Å². The van der Waals surface area contributed by atoms with Crippen LogP contribution in [0.5, 0.6) is 0 Å². The number of anilines is 1. The van der Waals surface area contributed by atoms with Gasteiger partial charge in [-0.2, -0.15) is 0 Å². The molecule has 7 nitrogen and oxygen atoms in total. The Hall–Kier alpha value is -2.87. The molecule has 1 aliphatic heterocycles. The summed E-state index contributed by atoms with van der Waals surface area (Å²) in [7, 11) is 0. The van der Waals surface area contributed by atoms with Crippen molar-refractivity contribution in [2.75, 3.05) is 11.9 Å². The first-order valence-corrected chi connectivity index (χ1v) is 10.0. The van der Waals surface area contributed by atoms with Gasteiger partial charge in [-0.3, -0.25) is 0 Å². The van der Waals surface area contributed by atoms with Crippen LogP contribution in [0.4, 0.5) is 5.00 Å². The van der Waals surface area contributed by atoms with E-state index in [1.54, 1.807) is 58.9 Å². The molecule has 154 valence electrons. The maximum absolute atomic E-state index is 12.6. The number of carbonyl (C=O) groups is 3. The van der Waals surface area contributed by atoms with Crippen LogP contribution >= 0.6 is 11.3 Å². The summed E-state index contributed by atoms with van der Waals surface area (Å²) in [6.07, 6.45) is -0.767. The third kappa shape index (κ3) is 4.27. The molecule has 1 aromatic carbocycles. The predicted octanol–water partition coefficient (Wildman–Crippen LogP) is 4.47. The third-order valence-electron chi connectivity index (χ3n) is 4.16. The predicted molar refractivity (Wildman–Crippen MR) is 108 cm³/mol. The SMILES string of the molecule is CCOC(=O)c1c(N[C@H]2OC(=O)c3ccccc32)sc(C(=O)OC(C)(C)C)c1C. The number of cyclic esters (lactones) is 1. The van der Waals surface area contributed by atoms with Crippen molar-refractivity contribution in [1.29, 1.82) is 0 Å². The van der Waals surface area contributed by atoms with Crippen LogP contribution in [0.2, 0.25) is 0 Å². The van der Waals surface area contributed by atoms with Crippen molar-refractivity contribution in [2.24, 2.45) is 0 Å². The summed E-state index contributed by atoms with van der Waals surface area (Å²) >= 11 is 1.07. The molecular formula is C21H23NO6S. The minimum absolute atomic E-state index is 0.191. The summed E-state index contributed by atoms with van der Waals surface area (Å²) in [6.45, 7) is 8.88. The number of fused-ring (bicyclic) bond motifs is 1. The highest BCUT2D eigenvalue weighted by Gasteiger charge is 2.34. The normalized spacial score (nSPS) is 15.5. The topological polar surface area (TPSA) is 90.9 Å². The highest BCUT2D eigenvalue weighted by atomic mass is 32.1. The second-order valence-corrected chi connectivity index (χ2v) is 8.52. The molecule has 0 saturated heterocycles. The molecule has 0 bridgehead atoms. The highest BCUT2D eigenvalue weighted by molar-refractivity contribution is 7.18. The van der Waals surface area contributed by atoms with E-state index >= 15 is 0 Å². The van der Waals surface area contributed by atoms with E-state index in [4.69, 9.17) is 14.2 Å². The van der Waals surface area contributed by atoms with Gasteiger partial charge < -0.3 is 19.5 Å². The molecule has 2 aromatic rings. The monoisotopic (exact) mass is 417 g/mol. The molecule has 0 spiro atoms. The molecule has 0 saturated carbocycles. The van der Waals surface area contributed by atoms with E-state index in [1.165, 1.54) is 0 Å². The summed E-state index contributed by atoms with van der Waals surface area (Å²) < 4.78 is 16.0. The molecule has 8 heteroatoms. The second-order valence-electron chi connectivity index (χ2n) is 7.50. The van der Waals surface area contributed by atoms with Crippen molar-refractivity contribution in [3.63, 3.8) is 0 Å². The van der Waals surface area contributed by atoms with Crippen LogP contribution < -0.4 is 5.32 Å². The van der Waals surface area contributed by atoms with Crippen molar-refractivity contribution >= 4 is 34.2 Å². The Morgan fingerprint density at radius 2 is 1.90 bits per heavy atom. The van der Waals surface area contributed by atoms with Gasteiger partial charge in [0.25, 0.3) is 0 Å². The average Bonchev–Trinajstić information content (AvgIpc) is 3.12. The molecule has 0 fully saturated rings. The standard InChI is InChI=1S/C21H23NO6S/c1-6-26-19(24)14-11(2)15(20(25)28-21(3,4)5)29-17(14)22-16-12-9-7-8-10-13(12)18(23)27-16/h7-10,16,22H,6H2,1-5H3/t16-/m0/s1. The molecular weight excluding hydrogens is 394 g/mol. The van der Waals surface area contributed by atoms with E-state index < -0.39 is 29.7 Å². The zero-order valence-electron chi connectivity index (χ0n) is 17.0. The Morgan fingerprint density at radius 3 is 2.55 bits per heavy atom. The molecule has 0 aliphatic carbocycles. The number of carbonyl (C=O) groups excluding carboxylic acids is 3. The Labute approximate surface area is 173 Å². The van der Waals surface area contributed by atoms with Gasteiger partial charge in [-0.05, 0) is 46.2 Å². The van der Waals surface area contributed by atoms with Gasteiger partial charge in [-0.1, -0.05) is 18.2 Å². The number of thiophene rings is 1. The van der Waals surface area contributed by atoms with Crippen molar-refractivity contribution in [2.45, 2.75) is 46.4 Å². The van der Waals surface area contributed by atoms with Gasteiger partial charge in [0.05, 0.1) is 17.7 Å². The van der Waals surface area contributed by atoms with Gasteiger partial charge in [0.1, 0.15) is 15.5 Å². The summed E-state index contributed by atoms with van der Waals surface area (Å²) in [5, 5.41) is 3.47. The summed E-state index contributed by atoms with van der Waals surface area (Å²) in [5.74, 6) is -1.53. The zero-order valence-corrected chi connectivity index (χ0v) is 17.8. The van der Waals surface area contributed by atoms with Crippen LogP contribution in [0.3, 0.4) is 0 Å². The Kier molecular flexibility index (Phi) is 5.66. The van der Waals surface area contributed by atoms with Gasteiger partial charge in [0, 0.05) is 5.56 Å². The largest absolute Gasteiger partial charge is 0.462 e. The number of ether oxygens (including phenoxy) is 3. The van der Waals surface area contributed by atoms with Crippen molar-refractivity contribution in [3.8, 4) is 0 Å². The number of hydrogen-bond acceptors (Lipinski definition) is 8. The number of hydrogen-bond donors (Lipinski definition) is 1. The Bertz CT molecular complexity index is 972. The molecule has 3 rings (SSSR count). The summed E-state index contributed by atoms with van der Waals surface area (Å²) in [4.78, 5) is 37.6. The molecule has 2 heterocycles. The molecule has 1 aromatic heterocycles. The van der Waals surface area contributed by atoms with E-state index in [0.29, 0.717) is 26.6 Å². The molecule has 29 heavy (non-hydrogen) atoms. The van der Waals surface area contributed by atoms with Crippen molar-refractivity contribution in [3.05, 3.63) is 51.4 Å². The van der Waals surface area contributed by atoms with E-state index in [2.05, 4.69) is 5.32 Å². The van der Waals surface area contributed by atoms with E-state index in [-0.39, 0.29) is 12.2 Å². The first-order chi connectivity index (χ1) is 13.6. The maximum Gasteiger partial charge on any atom is 0.349 e. The lowest BCUT2D eigenvalue weighted by molar-refractivity contribution is 0.00741. The average molecular weight is 417 g/mol. The fourth-order valence-electron chi connectivity index (χ4n) is 2.96. The lowest BCUT2D eigenvalue weighted by Crippen LogP contribution is -2.23. The second kappa shape index (κ2) is 7.87. The molecule has 1 N–H and O–H groups in total. The van der Waals surface area contributed by atoms with Gasteiger partial charge in [-0.25, -0.2) is 14.4 Å². The quantitative estimate of drug-likeness (QED) is 0.567. The molecule has 1 atom stereocenters. The lowest BCUT2D eigenvalue weighted by atomic mass is 10.1. The molecule has 1 aliphatic rings. The number of benzene rings is 1. The summed E-state index contributed by atoms with van der Waals surface area (Å²) in [5.41, 5.74) is 1.15. The van der Waals surface area contributed by atoms with Crippen LogP contribution in [0.1, 0.15) is 75.4 Å². The molecule has 0 radical (unpaired) electrons. The first-order valence-electron chi connectivity index (χ1n) is 9.22. The smallest absolute Gasteiger partial charge is 0.349 e. The van der Waals surface area contributed by atoms with Gasteiger partial charge in [0.2, 0.25) is 6.23 Å². The minimum atomic E-state index is -0.767. The van der Waals surface area contributed by atoms with Gasteiger partial charge >= 0.3 is 17.9 Å². The van der Waals surface area contributed by atoms with Crippen LogP contribution in [0, 0.1) is 6.92 Å². The highest BCUT2D eigenvalue weighted by Crippen LogP contribution is 2.39. The number of rotatable bonds is 5. The molecule has 0 amide bonds. The zero-order chi connectivity index (χ0) is 21.3. The lowest BCUT2D eigenvalue weighted by Gasteiger charge is -2.19. The van der Waals surface area contributed by atoms with E-state index in [0.717, 1.165) is 11.3 Å². The maximum atomic E-state index is 12.6. The van der Waals surface area contributed by atoms with Gasteiger partial charge in [0.15, 0.2) is 0 Å². The Morgan fingerprint density at radius 1 is 1.21 bits per heavy atom. The fraction of sp³-hybridized carbons (Fsp3) is 0.381. The minimum Gasteiger partial charge on any atom is -0.462 e. The number of esters is 3. The van der Waals surface area contributed by atoms with Crippen molar-refractivity contribution in [1.82, 2.24) is 0 Å². The third-order valence-corrected chi connectivity index (χ3v) is 5.36. The Balaban J connectivity index is 1.99.